The van der Waals surface area contributed by atoms with Crippen LogP contribution < -0.4 is 5.73 Å². The Bertz CT molecular complexity index is 408. The number of nitrogens with two attached hydrogens (primary N) is 1. The second-order valence-electron chi connectivity index (χ2n) is 2.63. The molecular weight excluding hydrogens is 218 g/mol. The van der Waals surface area contributed by atoms with Crippen LogP contribution in [0, 0.1) is 0 Å². The molecular formula is C8H8BrN3. The number of fused-ring (bicyclic) bond motifs is 1. The van der Waals surface area contributed by atoms with Gasteiger partial charge in [-0.25, -0.2) is 4.98 Å². The van der Waals surface area contributed by atoms with Crippen LogP contribution in [0.15, 0.2) is 18.3 Å². The van der Waals surface area contributed by atoms with E-state index in [4.69, 9.17) is 5.73 Å². The summed E-state index contributed by atoms with van der Waals surface area (Å²) in [6, 6.07) is 3.94. The van der Waals surface area contributed by atoms with Gasteiger partial charge in [-0.05, 0) is 12.1 Å². The smallest absolute Gasteiger partial charge is 0.137 e. The number of pyridine rings is 1. The number of H-pyrrole nitrogens is 1. The lowest BCUT2D eigenvalue weighted by molar-refractivity contribution is 1.24. The molecule has 0 saturated carbocycles. The molecule has 0 atom stereocenters. The van der Waals surface area contributed by atoms with E-state index in [2.05, 4.69) is 25.9 Å². The average Bonchev–Trinajstić information content (AvgIpc) is 2.46. The minimum atomic E-state index is 0.697. The van der Waals surface area contributed by atoms with Crippen LogP contribution in [0.5, 0.6) is 0 Å². The SMILES string of the molecule is Nc1cnc2[nH]c(CBr)cc2c1. The molecule has 62 valence electrons. The van der Waals surface area contributed by atoms with E-state index in [-0.39, 0.29) is 0 Å². The summed E-state index contributed by atoms with van der Waals surface area (Å²) in [5.74, 6) is 0. The topological polar surface area (TPSA) is 54.7 Å². The highest BCUT2D eigenvalue weighted by Gasteiger charge is 1.99. The van der Waals surface area contributed by atoms with E-state index in [1.165, 1.54) is 0 Å². The summed E-state index contributed by atoms with van der Waals surface area (Å²) < 4.78 is 0. The highest BCUT2D eigenvalue weighted by molar-refractivity contribution is 9.08. The normalized spacial score (nSPS) is 10.8. The summed E-state index contributed by atoms with van der Waals surface area (Å²) in [6.45, 7) is 0. The number of alkyl halides is 1. The minimum Gasteiger partial charge on any atom is -0.397 e. The Labute approximate surface area is 78.1 Å². The summed E-state index contributed by atoms with van der Waals surface area (Å²) in [4.78, 5) is 7.31. The van der Waals surface area contributed by atoms with Gasteiger partial charge in [0.1, 0.15) is 5.65 Å². The van der Waals surface area contributed by atoms with E-state index in [1.807, 2.05) is 12.1 Å². The number of halogens is 1. The number of anilines is 1. The van der Waals surface area contributed by atoms with Gasteiger partial charge in [-0.15, -0.1) is 0 Å². The van der Waals surface area contributed by atoms with Crippen molar-refractivity contribution in [3.8, 4) is 0 Å². The van der Waals surface area contributed by atoms with Crippen molar-refractivity contribution in [3.05, 3.63) is 24.0 Å². The van der Waals surface area contributed by atoms with Gasteiger partial charge >= 0.3 is 0 Å². The van der Waals surface area contributed by atoms with Gasteiger partial charge < -0.3 is 10.7 Å². The summed E-state index contributed by atoms with van der Waals surface area (Å²) in [7, 11) is 0. The van der Waals surface area contributed by atoms with Gasteiger partial charge in [0, 0.05) is 16.4 Å². The number of hydrogen-bond donors (Lipinski definition) is 2. The third-order valence-corrected chi connectivity index (χ3v) is 2.30. The van der Waals surface area contributed by atoms with Crippen molar-refractivity contribution in [2.45, 2.75) is 5.33 Å². The number of nitrogen functional groups attached to an aromatic ring is 1. The molecule has 4 heteroatoms. The quantitative estimate of drug-likeness (QED) is 0.731. The lowest BCUT2D eigenvalue weighted by atomic mass is 10.3. The fraction of sp³-hybridized carbons (Fsp3) is 0.125. The van der Waals surface area contributed by atoms with E-state index in [0.29, 0.717) is 5.69 Å². The molecule has 2 aromatic rings. The van der Waals surface area contributed by atoms with Crippen molar-refractivity contribution in [1.82, 2.24) is 9.97 Å². The van der Waals surface area contributed by atoms with E-state index >= 15 is 0 Å². The maximum absolute atomic E-state index is 5.59. The van der Waals surface area contributed by atoms with E-state index in [9.17, 15) is 0 Å². The van der Waals surface area contributed by atoms with E-state index in [1.54, 1.807) is 6.20 Å². The Balaban J connectivity index is 2.67. The molecule has 0 saturated heterocycles. The molecule has 0 unspecified atom stereocenters. The first-order chi connectivity index (χ1) is 5.79. The number of aromatic amines is 1. The lowest BCUT2D eigenvalue weighted by Gasteiger charge is -1.90. The first-order valence-corrected chi connectivity index (χ1v) is 4.71. The lowest BCUT2D eigenvalue weighted by Crippen LogP contribution is -1.85. The van der Waals surface area contributed by atoms with Crippen LogP contribution >= 0.6 is 15.9 Å². The fourth-order valence-corrected chi connectivity index (χ4v) is 1.46. The van der Waals surface area contributed by atoms with Crippen LogP contribution in [-0.2, 0) is 5.33 Å². The molecule has 3 N–H and O–H groups in total. The summed E-state index contributed by atoms with van der Waals surface area (Å²) >= 11 is 3.36. The molecule has 0 fully saturated rings. The molecule has 0 aliphatic carbocycles. The first kappa shape index (κ1) is 7.61. The minimum absolute atomic E-state index is 0.697. The van der Waals surface area contributed by atoms with Crippen LogP contribution in [0.4, 0.5) is 5.69 Å². The van der Waals surface area contributed by atoms with Crippen LogP contribution in [0.25, 0.3) is 11.0 Å². The maximum atomic E-state index is 5.59. The zero-order valence-corrected chi connectivity index (χ0v) is 7.93. The van der Waals surface area contributed by atoms with Gasteiger partial charge in [-0.3, -0.25) is 0 Å². The van der Waals surface area contributed by atoms with Crippen molar-refractivity contribution in [1.29, 1.82) is 0 Å². The van der Waals surface area contributed by atoms with Crippen molar-refractivity contribution in [2.24, 2.45) is 0 Å². The molecule has 0 aliphatic rings. The summed E-state index contributed by atoms with van der Waals surface area (Å²) in [5, 5.41) is 1.87. The largest absolute Gasteiger partial charge is 0.397 e. The molecule has 0 radical (unpaired) electrons. The standard InChI is InChI=1S/C8H8BrN3/c9-3-7-2-5-1-6(10)4-11-8(5)12-7/h1-2,4H,3,10H2,(H,11,12). The highest BCUT2D eigenvalue weighted by Crippen LogP contribution is 2.16. The van der Waals surface area contributed by atoms with Gasteiger partial charge in [-0.2, -0.15) is 0 Å². The second kappa shape index (κ2) is 2.79. The molecule has 0 spiro atoms. The monoisotopic (exact) mass is 225 g/mol. The summed E-state index contributed by atoms with van der Waals surface area (Å²) in [5.41, 5.74) is 8.28. The number of nitrogens with one attached hydrogen (secondary N) is 1. The molecule has 2 aromatic heterocycles. The third-order valence-electron chi connectivity index (χ3n) is 1.69. The van der Waals surface area contributed by atoms with Crippen molar-refractivity contribution >= 4 is 32.7 Å². The number of rotatable bonds is 1. The Kier molecular flexibility index (Phi) is 1.77. The van der Waals surface area contributed by atoms with Gasteiger partial charge in [-0.1, -0.05) is 15.9 Å². The van der Waals surface area contributed by atoms with Gasteiger partial charge in [0.05, 0.1) is 11.9 Å². The summed E-state index contributed by atoms with van der Waals surface area (Å²) in [6.07, 6.45) is 1.65. The maximum Gasteiger partial charge on any atom is 0.137 e. The number of hydrogen-bond acceptors (Lipinski definition) is 2. The molecule has 0 aromatic carbocycles. The second-order valence-corrected chi connectivity index (χ2v) is 3.20. The average molecular weight is 226 g/mol. The zero-order chi connectivity index (χ0) is 8.55. The number of aromatic nitrogens is 2. The molecule has 12 heavy (non-hydrogen) atoms. The van der Waals surface area contributed by atoms with Crippen molar-refractivity contribution in [2.75, 3.05) is 5.73 Å². The Morgan fingerprint density at radius 3 is 3.08 bits per heavy atom. The molecule has 3 nitrogen and oxygen atoms in total. The van der Waals surface area contributed by atoms with Gasteiger partial charge in [0.2, 0.25) is 0 Å². The third kappa shape index (κ3) is 1.18. The predicted octanol–water partition coefficient (Wildman–Crippen LogP) is 2.04. The fourth-order valence-electron chi connectivity index (χ4n) is 1.16. The van der Waals surface area contributed by atoms with E-state index in [0.717, 1.165) is 22.1 Å². The van der Waals surface area contributed by atoms with Gasteiger partial charge in [0.25, 0.3) is 0 Å². The Morgan fingerprint density at radius 2 is 2.33 bits per heavy atom. The molecule has 0 aliphatic heterocycles. The predicted molar refractivity (Wildman–Crippen MR) is 53.1 cm³/mol. The Morgan fingerprint density at radius 1 is 1.50 bits per heavy atom. The van der Waals surface area contributed by atoms with Crippen LogP contribution in [0.2, 0.25) is 0 Å². The molecule has 0 bridgehead atoms. The molecule has 2 heterocycles. The molecule has 2 rings (SSSR count). The Hall–Kier alpha value is -1.03. The highest BCUT2D eigenvalue weighted by atomic mass is 79.9. The molecule has 0 amide bonds. The van der Waals surface area contributed by atoms with Crippen LogP contribution in [0.3, 0.4) is 0 Å². The van der Waals surface area contributed by atoms with Crippen LogP contribution in [0.1, 0.15) is 5.69 Å². The first-order valence-electron chi connectivity index (χ1n) is 3.58. The van der Waals surface area contributed by atoms with Crippen LogP contribution in [-0.4, -0.2) is 9.97 Å². The number of nitrogens with zero attached hydrogens (tertiary/aromatic N) is 1. The van der Waals surface area contributed by atoms with Gasteiger partial charge in [0.15, 0.2) is 0 Å². The van der Waals surface area contributed by atoms with Crippen molar-refractivity contribution < 1.29 is 0 Å². The zero-order valence-electron chi connectivity index (χ0n) is 6.34. The van der Waals surface area contributed by atoms with E-state index < -0.39 is 0 Å². The van der Waals surface area contributed by atoms with Crippen molar-refractivity contribution in [3.63, 3.8) is 0 Å².